The molecule has 0 heterocycles. The van der Waals surface area contributed by atoms with Crippen molar-refractivity contribution in [3.63, 3.8) is 0 Å². The summed E-state index contributed by atoms with van der Waals surface area (Å²) in [5.74, 6) is -0.681. The number of amides is 1. The summed E-state index contributed by atoms with van der Waals surface area (Å²) >= 11 is 0. The Labute approximate surface area is 112 Å². The second kappa shape index (κ2) is 6.31. The van der Waals surface area contributed by atoms with Crippen LogP contribution in [0.4, 0.5) is 10.1 Å². The summed E-state index contributed by atoms with van der Waals surface area (Å²) in [6, 6.07) is 6.32. The van der Waals surface area contributed by atoms with Crippen molar-refractivity contribution in [3.05, 3.63) is 29.8 Å². The summed E-state index contributed by atoms with van der Waals surface area (Å²) in [4.78, 5) is 22.5. The van der Waals surface area contributed by atoms with Gasteiger partial charge in [-0.2, -0.15) is 0 Å². The smallest absolute Gasteiger partial charge is 0.338 e. The molecule has 0 unspecified atom stereocenters. The molecule has 0 aliphatic carbocycles. The third-order valence-electron chi connectivity index (χ3n) is 2.37. The molecule has 1 aromatic rings. The molecule has 104 valence electrons. The minimum atomic E-state index is -1.35. The molecule has 1 aromatic carbocycles. The van der Waals surface area contributed by atoms with E-state index in [0.717, 1.165) is 0 Å². The van der Waals surface area contributed by atoms with Gasteiger partial charge in [0.05, 0.1) is 12.2 Å². The highest BCUT2D eigenvalue weighted by molar-refractivity contribution is 5.92. The van der Waals surface area contributed by atoms with E-state index in [1.54, 1.807) is 24.3 Å². The van der Waals surface area contributed by atoms with Crippen molar-refractivity contribution in [1.29, 1.82) is 0 Å². The van der Waals surface area contributed by atoms with Crippen molar-refractivity contribution in [2.24, 2.45) is 0 Å². The number of hydrogen-bond acceptors (Lipinski definition) is 3. The highest BCUT2D eigenvalue weighted by atomic mass is 19.1. The molecule has 19 heavy (non-hydrogen) atoms. The van der Waals surface area contributed by atoms with Crippen LogP contribution in [-0.2, 0) is 9.53 Å². The van der Waals surface area contributed by atoms with E-state index in [1.807, 2.05) is 0 Å². The molecule has 0 fully saturated rings. The minimum Gasteiger partial charge on any atom is -0.462 e. The number of alkyl halides is 1. The maximum absolute atomic E-state index is 13.2. The van der Waals surface area contributed by atoms with Crippen LogP contribution in [0.1, 0.15) is 37.6 Å². The molecule has 0 aliphatic heterocycles. The molecule has 0 saturated heterocycles. The molecule has 0 aromatic heterocycles. The first kappa shape index (κ1) is 15.1. The molecule has 0 radical (unpaired) electrons. The van der Waals surface area contributed by atoms with Gasteiger partial charge in [-0.15, -0.1) is 0 Å². The Hall–Kier alpha value is -1.91. The molecule has 0 saturated carbocycles. The van der Waals surface area contributed by atoms with Gasteiger partial charge in [0.15, 0.2) is 0 Å². The zero-order chi connectivity index (χ0) is 14.5. The van der Waals surface area contributed by atoms with Gasteiger partial charge in [-0.1, -0.05) is 0 Å². The van der Waals surface area contributed by atoms with Gasteiger partial charge in [-0.3, -0.25) is 4.79 Å². The van der Waals surface area contributed by atoms with Gasteiger partial charge in [0.2, 0.25) is 5.91 Å². The quantitative estimate of drug-likeness (QED) is 0.834. The summed E-state index contributed by atoms with van der Waals surface area (Å²) in [5.41, 5.74) is -0.380. The molecule has 4 nitrogen and oxygen atoms in total. The van der Waals surface area contributed by atoms with Crippen LogP contribution in [0.2, 0.25) is 0 Å². The lowest BCUT2D eigenvalue weighted by Gasteiger charge is -2.13. The molecule has 0 aliphatic rings. The number of anilines is 1. The van der Waals surface area contributed by atoms with E-state index in [1.165, 1.54) is 20.8 Å². The Bertz CT molecular complexity index is 449. The lowest BCUT2D eigenvalue weighted by molar-refractivity contribution is -0.114. The zero-order valence-corrected chi connectivity index (χ0v) is 11.3. The van der Waals surface area contributed by atoms with Crippen molar-refractivity contribution >= 4 is 17.6 Å². The summed E-state index contributed by atoms with van der Waals surface area (Å²) in [6.45, 7) is 4.31. The standard InChI is InChI=1S/C14H18FNO3/c1-10(17)16-12-6-4-11(5-7-12)13(18)19-9-8-14(2,3)15/h4-7H,8-9H2,1-3H3,(H,16,17). The first-order valence-electron chi connectivity index (χ1n) is 6.01. The molecule has 1 amide bonds. The lowest BCUT2D eigenvalue weighted by atomic mass is 10.1. The predicted molar refractivity (Wildman–Crippen MR) is 70.8 cm³/mol. The van der Waals surface area contributed by atoms with Crippen molar-refractivity contribution in [3.8, 4) is 0 Å². The van der Waals surface area contributed by atoms with Crippen molar-refractivity contribution < 1.29 is 18.7 Å². The maximum atomic E-state index is 13.2. The van der Waals surface area contributed by atoms with Gasteiger partial charge >= 0.3 is 5.97 Å². The molecule has 0 atom stereocenters. The Balaban J connectivity index is 2.51. The summed E-state index contributed by atoms with van der Waals surface area (Å²) < 4.78 is 18.1. The molecular formula is C14H18FNO3. The third kappa shape index (κ3) is 5.99. The molecule has 0 bridgehead atoms. The van der Waals surface area contributed by atoms with Crippen LogP contribution in [0.5, 0.6) is 0 Å². The number of benzene rings is 1. The fourth-order valence-corrected chi connectivity index (χ4v) is 1.36. The molecular weight excluding hydrogens is 249 g/mol. The van der Waals surface area contributed by atoms with Gasteiger partial charge in [0.1, 0.15) is 5.67 Å². The van der Waals surface area contributed by atoms with Crippen LogP contribution >= 0.6 is 0 Å². The maximum Gasteiger partial charge on any atom is 0.338 e. The normalized spacial score (nSPS) is 10.9. The van der Waals surface area contributed by atoms with E-state index in [4.69, 9.17) is 4.74 Å². The Morgan fingerprint density at radius 1 is 1.26 bits per heavy atom. The minimum absolute atomic E-state index is 0.0375. The Morgan fingerprint density at radius 2 is 1.84 bits per heavy atom. The van der Waals surface area contributed by atoms with E-state index in [0.29, 0.717) is 11.3 Å². The van der Waals surface area contributed by atoms with E-state index in [-0.39, 0.29) is 18.9 Å². The Kier molecular flexibility index (Phi) is 5.03. The first-order valence-corrected chi connectivity index (χ1v) is 6.01. The van der Waals surface area contributed by atoms with Crippen LogP contribution < -0.4 is 5.32 Å². The summed E-state index contributed by atoms with van der Waals surface area (Å²) in [7, 11) is 0. The Morgan fingerprint density at radius 3 is 2.32 bits per heavy atom. The van der Waals surface area contributed by atoms with Gasteiger partial charge in [-0.25, -0.2) is 9.18 Å². The number of nitrogens with one attached hydrogen (secondary N) is 1. The fourth-order valence-electron chi connectivity index (χ4n) is 1.36. The van der Waals surface area contributed by atoms with Crippen LogP contribution in [0.3, 0.4) is 0 Å². The largest absolute Gasteiger partial charge is 0.462 e. The SMILES string of the molecule is CC(=O)Nc1ccc(C(=O)OCCC(C)(C)F)cc1. The van der Waals surface area contributed by atoms with Crippen molar-refractivity contribution in [2.45, 2.75) is 32.9 Å². The monoisotopic (exact) mass is 267 g/mol. The number of carbonyl (C=O) groups is 2. The first-order chi connectivity index (χ1) is 8.78. The van der Waals surface area contributed by atoms with Crippen molar-refractivity contribution in [1.82, 2.24) is 0 Å². The zero-order valence-electron chi connectivity index (χ0n) is 11.3. The highest BCUT2D eigenvalue weighted by Crippen LogP contribution is 2.14. The van der Waals surface area contributed by atoms with Gasteiger partial charge in [0.25, 0.3) is 0 Å². The number of halogens is 1. The number of hydrogen-bond donors (Lipinski definition) is 1. The number of ether oxygens (including phenoxy) is 1. The van der Waals surface area contributed by atoms with Crippen LogP contribution in [0, 0.1) is 0 Å². The van der Waals surface area contributed by atoms with Crippen molar-refractivity contribution in [2.75, 3.05) is 11.9 Å². The van der Waals surface area contributed by atoms with Gasteiger partial charge in [0, 0.05) is 19.0 Å². The summed E-state index contributed by atoms with van der Waals surface area (Å²) in [6.07, 6.45) is 0.155. The number of esters is 1. The average molecular weight is 267 g/mol. The summed E-state index contributed by atoms with van der Waals surface area (Å²) in [5, 5.41) is 2.59. The highest BCUT2D eigenvalue weighted by Gasteiger charge is 2.16. The van der Waals surface area contributed by atoms with Crippen LogP contribution in [0.15, 0.2) is 24.3 Å². The number of carbonyl (C=O) groups excluding carboxylic acids is 2. The van der Waals surface area contributed by atoms with Crippen LogP contribution in [-0.4, -0.2) is 24.2 Å². The van der Waals surface area contributed by atoms with Gasteiger partial charge in [-0.05, 0) is 38.1 Å². The van der Waals surface area contributed by atoms with E-state index in [9.17, 15) is 14.0 Å². The second-order valence-electron chi connectivity index (χ2n) is 4.86. The van der Waals surface area contributed by atoms with E-state index >= 15 is 0 Å². The lowest BCUT2D eigenvalue weighted by Crippen LogP contribution is -2.17. The van der Waals surface area contributed by atoms with E-state index < -0.39 is 11.6 Å². The molecule has 1 rings (SSSR count). The third-order valence-corrected chi connectivity index (χ3v) is 2.37. The fraction of sp³-hybridized carbons (Fsp3) is 0.429. The molecule has 1 N–H and O–H groups in total. The van der Waals surface area contributed by atoms with E-state index in [2.05, 4.69) is 5.32 Å². The van der Waals surface area contributed by atoms with Gasteiger partial charge < -0.3 is 10.1 Å². The second-order valence-corrected chi connectivity index (χ2v) is 4.86. The molecule has 0 spiro atoms. The molecule has 5 heteroatoms. The topological polar surface area (TPSA) is 55.4 Å². The predicted octanol–water partition coefficient (Wildman–Crippen LogP) is 2.94. The number of rotatable bonds is 5. The van der Waals surface area contributed by atoms with Crippen LogP contribution in [0.25, 0.3) is 0 Å². The average Bonchev–Trinajstić information content (AvgIpc) is 2.27.